The highest BCUT2D eigenvalue weighted by Crippen LogP contribution is 2.34. The summed E-state index contributed by atoms with van der Waals surface area (Å²) >= 11 is 0.904. The van der Waals surface area contributed by atoms with Crippen molar-refractivity contribution in [3.05, 3.63) is 38.0 Å². The van der Waals surface area contributed by atoms with E-state index in [9.17, 15) is 24.5 Å². The number of hydrogen-bond acceptors (Lipinski definition) is 9. The first-order valence-corrected chi connectivity index (χ1v) is 8.79. The first-order valence-electron chi connectivity index (χ1n) is 7.97. The normalized spacial score (nSPS) is 10.4. The Labute approximate surface area is 163 Å². The van der Waals surface area contributed by atoms with Crippen LogP contribution in [-0.4, -0.2) is 46.8 Å². The zero-order chi connectivity index (χ0) is 21.0. The van der Waals surface area contributed by atoms with Gasteiger partial charge in [-0.2, -0.15) is 5.10 Å². The monoisotopic (exact) mass is 410 g/mol. The number of rotatable bonds is 7. The number of anilines is 1. The molecule has 1 amide bonds. The minimum absolute atomic E-state index is 0.0522. The van der Waals surface area contributed by atoms with E-state index in [0.29, 0.717) is 5.56 Å². The van der Waals surface area contributed by atoms with Crippen molar-refractivity contribution in [1.29, 1.82) is 0 Å². The molecular weight excluding hydrogens is 392 g/mol. The van der Waals surface area contributed by atoms with E-state index >= 15 is 0 Å². The van der Waals surface area contributed by atoms with Crippen LogP contribution in [0.1, 0.15) is 37.7 Å². The van der Waals surface area contributed by atoms with Gasteiger partial charge in [-0.15, -0.1) is 11.3 Å². The summed E-state index contributed by atoms with van der Waals surface area (Å²) in [5.41, 5.74) is 0.532. The maximum Gasteiger partial charge on any atom is 0.348 e. The van der Waals surface area contributed by atoms with Crippen molar-refractivity contribution < 1.29 is 28.8 Å². The van der Waals surface area contributed by atoms with Crippen LogP contribution in [0.2, 0.25) is 0 Å². The third kappa shape index (κ3) is 4.34. The number of thiophene rings is 1. The van der Waals surface area contributed by atoms with Gasteiger partial charge in [-0.1, -0.05) is 0 Å². The molecule has 2 aromatic heterocycles. The molecule has 0 fully saturated rings. The second-order valence-electron chi connectivity index (χ2n) is 5.66. The van der Waals surface area contributed by atoms with Crippen molar-refractivity contribution in [2.24, 2.45) is 0 Å². The maximum absolute atomic E-state index is 12.3. The van der Waals surface area contributed by atoms with E-state index in [1.165, 1.54) is 32.0 Å². The summed E-state index contributed by atoms with van der Waals surface area (Å²) in [7, 11) is 2.40. The fraction of sp³-hybridized carbons (Fsp3) is 0.375. The molecule has 11 nitrogen and oxygen atoms in total. The third-order valence-corrected chi connectivity index (χ3v) is 5.03. The molecule has 0 saturated heterocycles. The van der Waals surface area contributed by atoms with Crippen molar-refractivity contribution in [2.45, 2.75) is 26.8 Å². The predicted octanol–water partition coefficient (Wildman–Crippen LogP) is 2.07. The summed E-state index contributed by atoms with van der Waals surface area (Å²) in [6, 6.07) is 0. The van der Waals surface area contributed by atoms with Crippen LogP contribution < -0.4 is 5.32 Å². The number of nitrogens with one attached hydrogen (secondary N) is 1. The number of carbonyl (C=O) groups is 3. The molecule has 0 aliphatic rings. The van der Waals surface area contributed by atoms with Crippen LogP contribution in [0.15, 0.2) is 6.20 Å². The molecular formula is C16H18N4O7S. The third-order valence-electron chi connectivity index (χ3n) is 3.85. The van der Waals surface area contributed by atoms with Gasteiger partial charge in [0.1, 0.15) is 21.8 Å². The van der Waals surface area contributed by atoms with Crippen LogP contribution in [0.4, 0.5) is 10.7 Å². The lowest BCUT2D eigenvalue weighted by Gasteiger charge is -2.06. The Morgan fingerprint density at radius 2 is 1.89 bits per heavy atom. The molecule has 2 rings (SSSR count). The van der Waals surface area contributed by atoms with E-state index in [0.717, 1.165) is 11.3 Å². The highest BCUT2D eigenvalue weighted by molar-refractivity contribution is 7.18. The molecule has 0 unspecified atom stereocenters. The highest BCUT2D eigenvalue weighted by atomic mass is 32.1. The number of carbonyl (C=O) groups excluding carboxylic acids is 3. The first-order chi connectivity index (χ1) is 13.2. The van der Waals surface area contributed by atoms with Gasteiger partial charge in [-0.25, -0.2) is 9.59 Å². The number of aryl methyl sites for hydroxylation is 2. The van der Waals surface area contributed by atoms with Crippen LogP contribution in [0, 0.1) is 24.0 Å². The summed E-state index contributed by atoms with van der Waals surface area (Å²) in [6.07, 6.45) is 1.19. The van der Waals surface area contributed by atoms with Crippen LogP contribution in [0.5, 0.6) is 0 Å². The number of nitro groups is 1. The number of ether oxygens (including phenoxy) is 2. The molecule has 0 spiro atoms. The first kappa shape index (κ1) is 21.0. The summed E-state index contributed by atoms with van der Waals surface area (Å²) < 4.78 is 10.7. The van der Waals surface area contributed by atoms with Crippen molar-refractivity contribution in [3.8, 4) is 0 Å². The van der Waals surface area contributed by atoms with E-state index in [-0.39, 0.29) is 39.8 Å². The number of methoxy groups -OCH3 is 2. The second-order valence-corrected chi connectivity index (χ2v) is 6.68. The van der Waals surface area contributed by atoms with Crippen LogP contribution in [0.25, 0.3) is 0 Å². The molecule has 0 radical (unpaired) electrons. The Kier molecular flexibility index (Phi) is 6.46. The lowest BCUT2D eigenvalue weighted by molar-refractivity contribution is -0.385. The van der Waals surface area contributed by atoms with Crippen LogP contribution in [0.3, 0.4) is 0 Å². The van der Waals surface area contributed by atoms with E-state index in [1.54, 1.807) is 6.92 Å². The molecule has 12 heteroatoms. The summed E-state index contributed by atoms with van der Waals surface area (Å²) in [4.78, 5) is 46.7. The fourth-order valence-electron chi connectivity index (χ4n) is 2.44. The molecule has 2 heterocycles. The Morgan fingerprint density at radius 3 is 2.43 bits per heavy atom. The second kappa shape index (κ2) is 8.61. The number of nitrogens with zero attached hydrogens (tertiary/aromatic N) is 3. The number of esters is 2. The average Bonchev–Trinajstić information content (AvgIpc) is 3.18. The average molecular weight is 410 g/mol. The van der Waals surface area contributed by atoms with Gasteiger partial charge < -0.3 is 14.8 Å². The molecule has 0 aliphatic heterocycles. The Bertz CT molecular complexity index is 947. The van der Waals surface area contributed by atoms with Gasteiger partial charge >= 0.3 is 17.6 Å². The van der Waals surface area contributed by atoms with Gasteiger partial charge in [-0.05, 0) is 19.4 Å². The molecule has 0 aliphatic carbocycles. The summed E-state index contributed by atoms with van der Waals surface area (Å²) in [5.74, 6) is -1.79. The number of aromatic nitrogens is 2. The maximum atomic E-state index is 12.3. The predicted molar refractivity (Wildman–Crippen MR) is 98.6 cm³/mol. The topological polar surface area (TPSA) is 143 Å². The van der Waals surface area contributed by atoms with Gasteiger partial charge in [-0.3, -0.25) is 19.6 Å². The molecule has 0 atom stereocenters. The molecule has 0 saturated carbocycles. The van der Waals surface area contributed by atoms with E-state index in [1.807, 2.05) is 0 Å². The largest absolute Gasteiger partial charge is 0.465 e. The Hall–Kier alpha value is -3.28. The molecule has 1 N–H and O–H groups in total. The smallest absolute Gasteiger partial charge is 0.348 e. The molecule has 2 aromatic rings. The van der Waals surface area contributed by atoms with Crippen molar-refractivity contribution >= 4 is 39.9 Å². The SMILES string of the molecule is COC(=O)c1sc(NC(=O)CCn2cc([N+](=O)[O-])c(C)n2)c(C(=O)OC)c1C. The minimum atomic E-state index is -0.697. The Balaban J connectivity index is 2.16. The fourth-order valence-corrected chi connectivity index (χ4v) is 3.57. The highest BCUT2D eigenvalue weighted by Gasteiger charge is 2.26. The van der Waals surface area contributed by atoms with Crippen molar-refractivity contribution in [2.75, 3.05) is 19.5 Å². The molecule has 28 heavy (non-hydrogen) atoms. The minimum Gasteiger partial charge on any atom is -0.465 e. The lowest BCUT2D eigenvalue weighted by atomic mass is 10.1. The van der Waals surface area contributed by atoms with Gasteiger partial charge in [0.15, 0.2) is 0 Å². The molecule has 150 valence electrons. The van der Waals surface area contributed by atoms with Crippen molar-refractivity contribution in [3.63, 3.8) is 0 Å². The number of amides is 1. The Morgan fingerprint density at radius 1 is 1.25 bits per heavy atom. The van der Waals surface area contributed by atoms with Gasteiger partial charge in [0.05, 0.1) is 24.7 Å². The zero-order valence-electron chi connectivity index (χ0n) is 15.6. The lowest BCUT2D eigenvalue weighted by Crippen LogP contribution is -2.16. The van der Waals surface area contributed by atoms with Crippen molar-refractivity contribution in [1.82, 2.24) is 9.78 Å². The molecule has 0 aromatic carbocycles. The van der Waals surface area contributed by atoms with E-state index in [2.05, 4.69) is 15.2 Å². The van der Waals surface area contributed by atoms with E-state index in [4.69, 9.17) is 4.74 Å². The standard InChI is InChI=1S/C16H18N4O7S/c1-8-12(15(22)26-3)14(28-13(8)16(23)27-4)17-11(21)5-6-19-7-10(20(24)25)9(2)18-19/h7H,5-6H2,1-4H3,(H,17,21). The summed E-state index contributed by atoms with van der Waals surface area (Å²) in [6.45, 7) is 3.15. The van der Waals surface area contributed by atoms with Gasteiger partial charge in [0.2, 0.25) is 5.91 Å². The molecule has 0 bridgehead atoms. The van der Waals surface area contributed by atoms with Gasteiger partial charge in [0, 0.05) is 13.0 Å². The van der Waals surface area contributed by atoms with Gasteiger partial charge in [0.25, 0.3) is 0 Å². The summed E-state index contributed by atoms with van der Waals surface area (Å²) in [5, 5.41) is 17.6. The van der Waals surface area contributed by atoms with E-state index < -0.39 is 22.8 Å². The zero-order valence-corrected chi connectivity index (χ0v) is 16.4. The quantitative estimate of drug-likeness (QED) is 0.415. The van der Waals surface area contributed by atoms with Crippen LogP contribution in [-0.2, 0) is 20.8 Å². The van der Waals surface area contributed by atoms with Crippen LogP contribution >= 0.6 is 11.3 Å². The number of hydrogen-bond donors (Lipinski definition) is 1.